The summed E-state index contributed by atoms with van der Waals surface area (Å²) in [7, 11) is 0. The minimum Gasteiger partial charge on any atom is -0.507 e. The summed E-state index contributed by atoms with van der Waals surface area (Å²) in [4.78, 5) is 10.9. The first-order chi connectivity index (χ1) is 9.00. The van der Waals surface area contributed by atoms with Gasteiger partial charge in [0.25, 0.3) is 0 Å². The Kier molecular flexibility index (Phi) is 5.74. The molecule has 1 fully saturated rings. The van der Waals surface area contributed by atoms with Crippen LogP contribution in [-0.4, -0.2) is 29.4 Å². The maximum atomic E-state index is 13.4. The van der Waals surface area contributed by atoms with E-state index in [1.165, 1.54) is 0 Å². The molecule has 0 bridgehead atoms. The van der Waals surface area contributed by atoms with Gasteiger partial charge in [-0.3, -0.25) is 0 Å². The lowest BCUT2D eigenvalue weighted by Crippen LogP contribution is -2.27. The van der Waals surface area contributed by atoms with Crippen molar-refractivity contribution in [3.63, 3.8) is 0 Å². The Hall–Kier alpha value is -1.37. The Morgan fingerprint density at radius 1 is 1.40 bits per heavy atom. The molecule has 1 aromatic rings. The normalized spacial score (nSPS) is 17.3. The van der Waals surface area contributed by atoms with Crippen LogP contribution >= 0.6 is 12.4 Å². The average molecular weight is 306 g/mol. The molecule has 0 aromatic heterocycles. The Morgan fingerprint density at radius 2 is 2.00 bits per heavy atom. The molecule has 0 unspecified atom stereocenters. The highest BCUT2D eigenvalue weighted by molar-refractivity contribution is 5.91. The fourth-order valence-corrected chi connectivity index (χ4v) is 2.37. The van der Waals surface area contributed by atoms with Gasteiger partial charge in [-0.2, -0.15) is 0 Å². The van der Waals surface area contributed by atoms with E-state index in [2.05, 4.69) is 0 Å². The van der Waals surface area contributed by atoms with Gasteiger partial charge in [0.2, 0.25) is 0 Å². The molecule has 0 amide bonds. The van der Waals surface area contributed by atoms with Crippen LogP contribution < -0.4 is 5.73 Å². The predicted molar refractivity (Wildman–Crippen MR) is 72.7 cm³/mol. The third-order valence-corrected chi connectivity index (χ3v) is 3.47. The van der Waals surface area contributed by atoms with E-state index >= 15 is 0 Å². The van der Waals surface area contributed by atoms with Crippen LogP contribution in [0.4, 0.5) is 4.39 Å². The van der Waals surface area contributed by atoms with Crippen molar-refractivity contribution in [1.29, 1.82) is 0 Å². The average Bonchev–Trinajstić information content (AvgIpc) is 2.41. The number of benzene rings is 1. The van der Waals surface area contributed by atoms with E-state index in [4.69, 9.17) is 15.6 Å². The SMILES string of the molecule is Cl.N[C@@H](c1cc(F)cc(C(=O)O)c1O)C1CCOCC1. The highest BCUT2D eigenvalue weighted by Gasteiger charge is 2.27. The molecule has 4 N–H and O–H groups in total. The number of hydrogen-bond acceptors (Lipinski definition) is 4. The van der Waals surface area contributed by atoms with E-state index in [0.29, 0.717) is 26.1 Å². The van der Waals surface area contributed by atoms with Crippen molar-refractivity contribution in [1.82, 2.24) is 0 Å². The Balaban J connectivity index is 0.00000200. The molecule has 5 nitrogen and oxygen atoms in total. The smallest absolute Gasteiger partial charge is 0.339 e. The van der Waals surface area contributed by atoms with Crippen LogP contribution in [0.25, 0.3) is 0 Å². The fraction of sp³-hybridized carbons (Fsp3) is 0.462. The number of aromatic carboxylic acids is 1. The summed E-state index contributed by atoms with van der Waals surface area (Å²) in [6.45, 7) is 1.14. The summed E-state index contributed by atoms with van der Waals surface area (Å²) in [5.41, 5.74) is 5.72. The first-order valence-corrected chi connectivity index (χ1v) is 6.09. The maximum absolute atomic E-state index is 13.4. The molecule has 20 heavy (non-hydrogen) atoms. The van der Waals surface area contributed by atoms with Crippen molar-refractivity contribution in [2.24, 2.45) is 11.7 Å². The second kappa shape index (κ2) is 6.88. The summed E-state index contributed by atoms with van der Waals surface area (Å²) in [5.74, 6) is -2.50. The van der Waals surface area contributed by atoms with E-state index in [9.17, 15) is 14.3 Å². The molecular weight excluding hydrogens is 289 g/mol. The van der Waals surface area contributed by atoms with Crippen LogP contribution in [0.5, 0.6) is 5.75 Å². The molecule has 7 heteroatoms. The van der Waals surface area contributed by atoms with Crippen LogP contribution in [0, 0.1) is 11.7 Å². The molecule has 0 saturated carbocycles. The Labute approximate surface area is 122 Å². The molecule has 1 aliphatic heterocycles. The van der Waals surface area contributed by atoms with Crippen molar-refractivity contribution in [3.05, 3.63) is 29.1 Å². The van der Waals surface area contributed by atoms with Gasteiger partial charge in [0.15, 0.2) is 0 Å². The number of carboxylic acid groups (broad SMARTS) is 1. The molecule has 1 atom stereocenters. The lowest BCUT2D eigenvalue weighted by atomic mass is 9.86. The molecule has 2 rings (SSSR count). The van der Waals surface area contributed by atoms with Crippen molar-refractivity contribution < 1.29 is 24.1 Å². The van der Waals surface area contributed by atoms with Crippen LogP contribution in [0.3, 0.4) is 0 Å². The van der Waals surface area contributed by atoms with Gasteiger partial charge in [-0.15, -0.1) is 12.4 Å². The van der Waals surface area contributed by atoms with Crippen LogP contribution in [0.15, 0.2) is 12.1 Å². The van der Waals surface area contributed by atoms with Crippen LogP contribution in [0.1, 0.15) is 34.8 Å². The van der Waals surface area contributed by atoms with Gasteiger partial charge in [0.05, 0.1) is 0 Å². The molecular formula is C13H17ClFNO4. The van der Waals surface area contributed by atoms with Gasteiger partial charge >= 0.3 is 5.97 Å². The largest absolute Gasteiger partial charge is 0.507 e. The molecule has 0 spiro atoms. The van der Waals surface area contributed by atoms with E-state index in [0.717, 1.165) is 12.1 Å². The third kappa shape index (κ3) is 3.39. The zero-order valence-electron chi connectivity index (χ0n) is 10.7. The van der Waals surface area contributed by atoms with Gasteiger partial charge in [0, 0.05) is 24.8 Å². The number of nitrogens with two attached hydrogens (primary N) is 1. The summed E-state index contributed by atoms with van der Waals surface area (Å²) in [6, 6.07) is 1.29. The van der Waals surface area contributed by atoms with Crippen LogP contribution in [-0.2, 0) is 4.74 Å². The van der Waals surface area contributed by atoms with Gasteiger partial charge < -0.3 is 20.7 Å². The Morgan fingerprint density at radius 3 is 2.55 bits per heavy atom. The summed E-state index contributed by atoms with van der Waals surface area (Å²) in [5, 5.41) is 18.8. The molecule has 1 saturated heterocycles. The van der Waals surface area contributed by atoms with Crippen molar-refractivity contribution in [3.8, 4) is 5.75 Å². The van der Waals surface area contributed by atoms with Gasteiger partial charge in [-0.1, -0.05) is 0 Å². The number of carboxylic acids is 1. The first kappa shape index (κ1) is 16.7. The van der Waals surface area contributed by atoms with E-state index in [-0.39, 0.29) is 23.9 Å². The summed E-state index contributed by atoms with van der Waals surface area (Å²) >= 11 is 0. The van der Waals surface area contributed by atoms with Crippen molar-refractivity contribution >= 4 is 18.4 Å². The number of hydrogen-bond donors (Lipinski definition) is 3. The fourth-order valence-electron chi connectivity index (χ4n) is 2.37. The number of carbonyl (C=O) groups is 1. The minimum atomic E-state index is -1.38. The lowest BCUT2D eigenvalue weighted by molar-refractivity contribution is 0.0579. The zero-order valence-corrected chi connectivity index (χ0v) is 11.5. The second-order valence-electron chi connectivity index (χ2n) is 4.67. The van der Waals surface area contributed by atoms with E-state index < -0.39 is 29.1 Å². The number of aromatic hydroxyl groups is 1. The van der Waals surface area contributed by atoms with Gasteiger partial charge in [-0.05, 0) is 30.9 Å². The number of halogens is 2. The summed E-state index contributed by atoms with van der Waals surface area (Å²) in [6.07, 6.45) is 1.42. The standard InChI is InChI=1S/C13H16FNO4.ClH/c14-8-5-9(12(16)10(6-8)13(17)18)11(15)7-1-3-19-4-2-7;/h5-7,11,16H,1-4,15H2,(H,17,18);1H/t11-;/m1./s1. The monoisotopic (exact) mass is 305 g/mol. The number of rotatable bonds is 3. The molecule has 112 valence electrons. The van der Waals surface area contributed by atoms with Crippen LogP contribution in [0.2, 0.25) is 0 Å². The van der Waals surface area contributed by atoms with Gasteiger partial charge in [-0.25, -0.2) is 9.18 Å². The first-order valence-electron chi connectivity index (χ1n) is 6.09. The minimum absolute atomic E-state index is 0. The van der Waals surface area contributed by atoms with Gasteiger partial charge in [0.1, 0.15) is 17.1 Å². The molecule has 1 heterocycles. The second-order valence-corrected chi connectivity index (χ2v) is 4.67. The quantitative estimate of drug-likeness (QED) is 0.795. The topological polar surface area (TPSA) is 92.8 Å². The van der Waals surface area contributed by atoms with Crippen molar-refractivity contribution in [2.75, 3.05) is 13.2 Å². The Bertz CT molecular complexity index is 492. The highest BCUT2D eigenvalue weighted by atomic mass is 35.5. The lowest BCUT2D eigenvalue weighted by Gasteiger charge is -2.28. The molecule has 0 aliphatic carbocycles. The van der Waals surface area contributed by atoms with E-state index in [1.54, 1.807) is 0 Å². The maximum Gasteiger partial charge on any atom is 0.339 e. The molecule has 1 aromatic carbocycles. The predicted octanol–water partition coefficient (Wildman–Crippen LogP) is 2.08. The zero-order chi connectivity index (χ0) is 14.0. The van der Waals surface area contributed by atoms with Crippen molar-refractivity contribution in [2.45, 2.75) is 18.9 Å². The molecule has 1 aliphatic rings. The number of phenols is 1. The summed E-state index contributed by atoms with van der Waals surface area (Å²) < 4.78 is 18.7. The number of ether oxygens (including phenoxy) is 1. The third-order valence-electron chi connectivity index (χ3n) is 3.47. The highest BCUT2D eigenvalue weighted by Crippen LogP contribution is 2.35. The van der Waals surface area contributed by atoms with E-state index in [1.807, 2.05) is 0 Å². The molecule has 0 radical (unpaired) electrons.